The molecular weight excluding hydrogens is 607 g/mol. The van der Waals surface area contributed by atoms with Crippen LogP contribution in [0.1, 0.15) is 27.8 Å². The molecule has 0 amide bonds. The number of furan rings is 1. The second-order valence-electron chi connectivity index (χ2n) is 13.3. The third kappa shape index (κ3) is 3.96. The third-order valence-electron chi connectivity index (χ3n) is 10.7. The molecule has 8 aromatic carbocycles. The maximum absolute atomic E-state index is 6.74. The molecule has 1 aliphatic carbocycles. The van der Waals surface area contributed by atoms with Crippen LogP contribution in [-0.2, 0) is 5.41 Å². The number of benzene rings is 8. The minimum atomic E-state index is -0.532. The predicted octanol–water partition coefficient (Wildman–Crippen LogP) is 12.9. The molecule has 0 unspecified atom stereocenters. The van der Waals surface area contributed by atoms with Crippen molar-refractivity contribution < 1.29 is 4.42 Å². The highest BCUT2D eigenvalue weighted by Gasteiger charge is 2.47. The molecule has 2 nitrogen and oxygen atoms in total. The van der Waals surface area contributed by atoms with E-state index in [1.165, 1.54) is 49.7 Å². The Morgan fingerprint density at radius 1 is 0.440 bits per heavy atom. The highest BCUT2D eigenvalue weighted by molar-refractivity contribution is 6.14. The monoisotopic (exact) mass is 639 g/mol. The zero-order valence-electron chi connectivity index (χ0n) is 27.7. The van der Waals surface area contributed by atoms with Crippen molar-refractivity contribution in [2.24, 2.45) is 0 Å². The van der Waals surface area contributed by atoms with Gasteiger partial charge in [0.1, 0.15) is 5.58 Å². The molecule has 2 heteroatoms. The van der Waals surface area contributed by atoms with Gasteiger partial charge in [-0.05, 0) is 75.5 Å². The lowest BCUT2D eigenvalue weighted by Crippen LogP contribution is -2.28. The average Bonchev–Trinajstić information content (AvgIpc) is 3.71. The van der Waals surface area contributed by atoms with Crippen LogP contribution in [0.2, 0.25) is 0 Å². The SMILES string of the molecule is Cc1ccccc1N(c1cc2c(c3ccccc13)-c1ccccc1C2(c1ccccc1)c1ccccc1)c1cccc2c1oc1ccccc12. The van der Waals surface area contributed by atoms with Gasteiger partial charge < -0.3 is 9.32 Å². The molecule has 0 spiro atoms. The normalized spacial score (nSPS) is 13.1. The van der Waals surface area contributed by atoms with E-state index in [9.17, 15) is 0 Å². The van der Waals surface area contributed by atoms with Crippen LogP contribution in [0.5, 0.6) is 0 Å². The predicted molar refractivity (Wildman–Crippen MR) is 208 cm³/mol. The number of aryl methyl sites for hydroxylation is 1. The summed E-state index contributed by atoms with van der Waals surface area (Å²) in [6.07, 6.45) is 0. The topological polar surface area (TPSA) is 16.4 Å². The van der Waals surface area contributed by atoms with Crippen molar-refractivity contribution in [3.05, 3.63) is 210 Å². The smallest absolute Gasteiger partial charge is 0.159 e. The van der Waals surface area contributed by atoms with Crippen molar-refractivity contribution >= 4 is 49.8 Å². The molecule has 0 fully saturated rings. The zero-order valence-corrected chi connectivity index (χ0v) is 27.7. The first-order valence-electron chi connectivity index (χ1n) is 17.3. The van der Waals surface area contributed by atoms with Crippen LogP contribution in [0, 0.1) is 6.92 Å². The molecule has 10 rings (SSSR count). The molecule has 0 bridgehead atoms. The molecule has 50 heavy (non-hydrogen) atoms. The van der Waals surface area contributed by atoms with Crippen LogP contribution in [0.25, 0.3) is 43.8 Å². The molecule has 0 saturated carbocycles. The van der Waals surface area contributed by atoms with Gasteiger partial charge in [0.2, 0.25) is 0 Å². The van der Waals surface area contributed by atoms with E-state index in [0.29, 0.717) is 0 Å². The van der Waals surface area contributed by atoms with Gasteiger partial charge in [-0.15, -0.1) is 0 Å². The number of hydrogen-bond acceptors (Lipinski definition) is 2. The summed E-state index contributed by atoms with van der Waals surface area (Å²) in [7, 11) is 0. The Bertz CT molecular complexity index is 2680. The van der Waals surface area contributed by atoms with Gasteiger partial charge in [-0.2, -0.15) is 0 Å². The Hall–Kier alpha value is -6.38. The first-order chi connectivity index (χ1) is 24.7. The third-order valence-corrected chi connectivity index (χ3v) is 10.7. The van der Waals surface area contributed by atoms with E-state index >= 15 is 0 Å². The van der Waals surface area contributed by atoms with Gasteiger partial charge in [-0.25, -0.2) is 0 Å². The molecule has 9 aromatic rings. The van der Waals surface area contributed by atoms with E-state index in [2.05, 4.69) is 188 Å². The second kappa shape index (κ2) is 11.1. The van der Waals surface area contributed by atoms with Gasteiger partial charge in [-0.1, -0.05) is 158 Å². The number of fused-ring (bicyclic) bond motifs is 8. The largest absolute Gasteiger partial charge is 0.454 e. The number of rotatable bonds is 5. The van der Waals surface area contributed by atoms with E-state index in [-0.39, 0.29) is 0 Å². The average molecular weight is 640 g/mol. The van der Waals surface area contributed by atoms with Crippen LogP contribution >= 0.6 is 0 Å². The molecule has 1 aliphatic rings. The fourth-order valence-electron chi connectivity index (χ4n) is 8.58. The molecule has 1 heterocycles. The first-order valence-corrected chi connectivity index (χ1v) is 17.3. The first kappa shape index (κ1) is 28.6. The van der Waals surface area contributed by atoms with Gasteiger partial charge in [-0.3, -0.25) is 0 Å². The summed E-state index contributed by atoms with van der Waals surface area (Å²) in [4.78, 5) is 2.44. The molecule has 0 aliphatic heterocycles. The molecule has 0 atom stereocenters. The van der Waals surface area contributed by atoms with E-state index in [0.717, 1.165) is 39.0 Å². The minimum absolute atomic E-state index is 0.532. The zero-order chi connectivity index (χ0) is 33.2. The van der Waals surface area contributed by atoms with Crippen molar-refractivity contribution in [3.63, 3.8) is 0 Å². The van der Waals surface area contributed by atoms with Gasteiger partial charge in [0, 0.05) is 21.8 Å². The van der Waals surface area contributed by atoms with Crippen LogP contribution in [0.3, 0.4) is 0 Å². The summed E-state index contributed by atoms with van der Waals surface area (Å²) in [5.74, 6) is 0. The van der Waals surface area contributed by atoms with Gasteiger partial charge in [0.15, 0.2) is 5.58 Å². The van der Waals surface area contributed by atoms with Gasteiger partial charge in [0.05, 0.1) is 16.8 Å². The maximum Gasteiger partial charge on any atom is 0.159 e. The van der Waals surface area contributed by atoms with Crippen LogP contribution in [0.4, 0.5) is 17.1 Å². The number of anilines is 3. The van der Waals surface area contributed by atoms with Crippen LogP contribution in [0.15, 0.2) is 186 Å². The maximum atomic E-state index is 6.74. The summed E-state index contributed by atoms with van der Waals surface area (Å²) in [5, 5.41) is 4.65. The lowest BCUT2D eigenvalue weighted by atomic mass is 9.67. The number of para-hydroxylation sites is 3. The van der Waals surface area contributed by atoms with E-state index < -0.39 is 5.41 Å². The Morgan fingerprint density at radius 3 is 1.78 bits per heavy atom. The second-order valence-corrected chi connectivity index (χ2v) is 13.3. The quantitative estimate of drug-likeness (QED) is 0.186. The number of hydrogen-bond donors (Lipinski definition) is 0. The highest BCUT2D eigenvalue weighted by Crippen LogP contribution is 2.60. The van der Waals surface area contributed by atoms with Crippen molar-refractivity contribution in [1.29, 1.82) is 0 Å². The van der Waals surface area contributed by atoms with Crippen molar-refractivity contribution in [2.75, 3.05) is 4.90 Å². The van der Waals surface area contributed by atoms with Crippen LogP contribution < -0.4 is 4.90 Å². The summed E-state index contributed by atoms with van der Waals surface area (Å²) >= 11 is 0. The summed E-state index contributed by atoms with van der Waals surface area (Å²) in [6, 6.07) is 66.1. The van der Waals surface area contributed by atoms with E-state index in [1.54, 1.807) is 0 Å². The summed E-state index contributed by atoms with van der Waals surface area (Å²) < 4.78 is 6.74. The minimum Gasteiger partial charge on any atom is -0.454 e. The Kier molecular flexibility index (Phi) is 6.34. The highest BCUT2D eigenvalue weighted by atomic mass is 16.3. The molecule has 0 radical (unpaired) electrons. The standard InChI is InChI=1S/C48H33NO/c1-32-17-8-14-28-42(32)49(43-29-16-26-38-36-23-12-15-30-45(36)50-47(38)43)44-31-41-46(37-24-10-9-22-35(37)44)39-25-11-13-27-40(39)48(41,33-18-4-2-5-19-33)34-20-6-3-7-21-34/h2-31H,1H3. The van der Waals surface area contributed by atoms with Crippen molar-refractivity contribution in [3.8, 4) is 11.1 Å². The van der Waals surface area contributed by atoms with Gasteiger partial charge >= 0.3 is 0 Å². The Labute approximate surface area is 291 Å². The van der Waals surface area contributed by atoms with Crippen LogP contribution in [-0.4, -0.2) is 0 Å². The number of nitrogens with zero attached hydrogens (tertiary/aromatic N) is 1. The lowest BCUT2D eigenvalue weighted by Gasteiger charge is -2.35. The summed E-state index contributed by atoms with van der Waals surface area (Å²) in [6.45, 7) is 2.20. The van der Waals surface area contributed by atoms with E-state index in [1.807, 2.05) is 6.07 Å². The summed E-state index contributed by atoms with van der Waals surface area (Å²) in [5.41, 5.74) is 13.3. The molecule has 0 N–H and O–H groups in total. The Balaban J connectivity index is 1.38. The van der Waals surface area contributed by atoms with Gasteiger partial charge in [0.25, 0.3) is 0 Å². The lowest BCUT2D eigenvalue weighted by molar-refractivity contribution is 0.669. The van der Waals surface area contributed by atoms with Crippen molar-refractivity contribution in [1.82, 2.24) is 0 Å². The Morgan fingerprint density at radius 2 is 1.02 bits per heavy atom. The van der Waals surface area contributed by atoms with Crippen molar-refractivity contribution in [2.45, 2.75) is 12.3 Å². The molecule has 236 valence electrons. The molecular formula is C48H33NO. The molecule has 0 saturated heterocycles. The fraction of sp³-hybridized carbons (Fsp3) is 0.0417. The molecule has 1 aromatic heterocycles. The van der Waals surface area contributed by atoms with E-state index in [4.69, 9.17) is 4.42 Å². The fourth-order valence-corrected chi connectivity index (χ4v) is 8.58.